The summed E-state index contributed by atoms with van der Waals surface area (Å²) >= 11 is 5.83. The molecule has 0 aliphatic rings. The number of rotatable bonds is 12. The average Bonchev–Trinajstić information content (AvgIpc) is 2.86. The lowest BCUT2D eigenvalue weighted by molar-refractivity contribution is -0.121. The van der Waals surface area contributed by atoms with Crippen LogP contribution in [0.3, 0.4) is 0 Å². The molecule has 0 aromatic heterocycles. The molecule has 0 saturated heterocycles. The van der Waals surface area contributed by atoms with E-state index < -0.39 is 35.6 Å². The van der Waals surface area contributed by atoms with E-state index >= 15 is 0 Å². The fourth-order valence-corrected chi connectivity index (χ4v) is 3.98. The standard InChI is InChI=1S/C28H30ClF2N3O3/c1-2-18-4-3-5-19(10-18)15-32-16-26(35)25(13-20-11-23(30)14-24(31)12-20)34-27(36)17-33-28(37)21-6-8-22(29)9-7-21/h3-12,14,25-26,32,35H,2,13,15-17H2,1H3,(H,33,37)(H,34,36)/t25-,26+/m1/s1. The van der Waals surface area contributed by atoms with Crippen LogP contribution in [-0.4, -0.2) is 42.2 Å². The maximum atomic E-state index is 13.7. The van der Waals surface area contributed by atoms with Crippen LogP contribution in [0.15, 0.2) is 66.7 Å². The molecular weight excluding hydrogens is 500 g/mol. The Morgan fingerprint density at radius 1 is 0.946 bits per heavy atom. The summed E-state index contributed by atoms with van der Waals surface area (Å²) in [5, 5.41) is 19.7. The molecule has 0 radical (unpaired) electrons. The van der Waals surface area contributed by atoms with Crippen LogP contribution in [0.2, 0.25) is 5.02 Å². The largest absolute Gasteiger partial charge is 0.390 e. The van der Waals surface area contributed by atoms with Crippen LogP contribution in [-0.2, 0) is 24.2 Å². The van der Waals surface area contributed by atoms with Crippen molar-refractivity contribution < 1.29 is 23.5 Å². The first kappa shape index (κ1) is 28.2. The van der Waals surface area contributed by atoms with E-state index in [1.165, 1.54) is 17.7 Å². The zero-order chi connectivity index (χ0) is 26.8. The summed E-state index contributed by atoms with van der Waals surface area (Å²) in [7, 11) is 0. The summed E-state index contributed by atoms with van der Waals surface area (Å²) in [5.41, 5.74) is 2.85. The van der Waals surface area contributed by atoms with Crippen molar-refractivity contribution in [1.82, 2.24) is 16.0 Å². The van der Waals surface area contributed by atoms with Gasteiger partial charge in [0.1, 0.15) is 11.6 Å². The summed E-state index contributed by atoms with van der Waals surface area (Å²) in [6, 6.07) is 16.4. The number of halogens is 3. The van der Waals surface area contributed by atoms with Crippen LogP contribution in [0.1, 0.15) is 34.0 Å². The fraction of sp³-hybridized carbons (Fsp3) is 0.286. The summed E-state index contributed by atoms with van der Waals surface area (Å²) in [4.78, 5) is 24.9. The van der Waals surface area contributed by atoms with Crippen molar-refractivity contribution in [3.63, 3.8) is 0 Å². The first-order valence-corrected chi connectivity index (χ1v) is 12.4. The molecule has 37 heavy (non-hydrogen) atoms. The third-order valence-corrected chi connectivity index (χ3v) is 6.04. The molecule has 0 unspecified atom stereocenters. The van der Waals surface area contributed by atoms with E-state index in [-0.39, 0.29) is 25.1 Å². The number of hydrogen-bond donors (Lipinski definition) is 4. The molecule has 0 saturated carbocycles. The van der Waals surface area contributed by atoms with Gasteiger partial charge in [-0.15, -0.1) is 0 Å². The van der Waals surface area contributed by atoms with E-state index in [0.29, 0.717) is 17.1 Å². The van der Waals surface area contributed by atoms with Gasteiger partial charge in [-0.25, -0.2) is 8.78 Å². The lowest BCUT2D eigenvalue weighted by atomic mass is 10.0. The summed E-state index contributed by atoms with van der Waals surface area (Å²) in [5.74, 6) is -2.52. The predicted octanol–water partition coefficient (Wildman–Crippen LogP) is 3.79. The first-order chi connectivity index (χ1) is 17.7. The molecule has 0 spiro atoms. The molecule has 196 valence electrons. The van der Waals surface area contributed by atoms with E-state index in [1.807, 2.05) is 18.2 Å². The SMILES string of the molecule is CCc1cccc(CNC[C@H](O)[C@@H](Cc2cc(F)cc(F)c2)NC(=O)CNC(=O)c2ccc(Cl)cc2)c1. The van der Waals surface area contributed by atoms with Crippen LogP contribution < -0.4 is 16.0 Å². The Bertz CT molecular complexity index is 1190. The van der Waals surface area contributed by atoms with Crippen molar-refractivity contribution in [3.05, 3.63) is 106 Å². The Kier molecular flexibility index (Phi) is 10.6. The number of aliphatic hydroxyl groups excluding tert-OH is 1. The summed E-state index contributed by atoms with van der Waals surface area (Å²) in [6.45, 7) is 2.34. The average molecular weight is 530 g/mol. The van der Waals surface area contributed by atoms with Gasteiger partial charge in [0.25, 0.3) is 5.91 Å². The van der Waals surface area contributed by atoms with Crippen LogP contribution in [0.4, 0.5) is 8.78 Å². The molecule has 4 N–H and O–H groups in total. The van der Waals surface area contributed by atoms with Crippen LogP contribution in [0.25, 0.3) is 0 Å². The second kappa shape index (κ2) is 13.8. The lowest BCUT2D eigenvalue weighted by Crippen LogP contribution is -2.51. The Hall–Kier alpha value is -3.33. The summed E-state index contributed by atoms with van der Waals surface area (Å²) < 4.78 is 27.5. The van der Waals surface area contributed by atoms with Gasteiger partial charge in [-0.1, -0.05) is 42.8 Å². The normalized spacial score (nSPS) is 12.6. The Balaban J connectivity index is 1.62. The van der Waals surface area contributed by atoms with Crippen molar-refractivity contribution in [2.75, 3.05) is 13.1 Å². The number of hydrogen-bond acceptors (Lipinski definition) is 4. The van der Waals surface area contributed by atoms with Gasteiger partial charge in [0.05, 0.1) is 18.7 Å². The molecule has 2 amide bonds. The number of amides is 2. The van der Waals surface area contributed by atoms with Gasteiger partial charge in [0.15, 0.2) is 0 Å². The molecule has 2 atom stereocenters. The van der Waals surface area contributed by atoms with Gasteiger partial charge >= 0.3 is 0 Å². The number of carbonyl (C=O) groups excluding carboxylic acids is 2. The minimum atomic E-state index is -1.07. The van der Waals surface area contributed by atoms with Gasteiger partial charge in [0, 0.05) is 29.7 Å². The van der Waals surface area contributed by atoms with Crippen molar-refractivity contribution >= 4 is 23.4 Å². The minimum Gasteiger partial charge on any atom is -0.390 e. The highest BCUT2D eigenvalue weighted by Gasteiger charge is 2.23. The molecule has 0 bridgehead atoms. The molecular formula is C28H30ClF2N3O3. The van der Waals surface area contributed by atoms with Gasteiger partial charge in [0.2, 0.25) is 5.91 Å². The van der Waals surface area contributed by atoms with Crippen LogP contribution in [0, 0.1) is 11.6 Å². The highest BCUT2D eigenvalue weighted by atomic mass is 35.5. The Labute approximate surface area is 220 Å². The molecule has 9 heteroatoms. The van der Waals surface area contributed by atoms with E-state index in [1.54, 1.807) is 12.1 Å². The Morgan fingerprint density at radius 2 is 1.62 bits per heavy atom. The van der Waals surface area contributed by atoms with Crippen LogP contribution in [0.5, 0.6) is 0 Å². The van der Waals surface area contributed by atoms with Gasteiger partial charge in [-0.3, -0.25) is 9.59 Å². The topological polar surface area (TPSA) is 90.5 Å². The highest BCUT2D eigenvalue weighted by Crippen LogP contribution is 2.13. The monoisotopic (exact) mass is 529 g/mol. The van der Waals surface area contributed by atoms with Crippen molar-refractivity contribution in [2.24, 2.45) is 0 Å². The zero-order valence-electron chi connectivity index (χ0n) is 20.4. The Morgan fingerprint density at radius 3 is 2.30 bits per heavy atom. The zero-order valence-corrected chi connectivity index (χ0v) is 21.2. The van der Waals surface area contributed by atoms with Crippen molar-refractivity contribution in [3.8, 4) is 0 Å². The molecule has 3 rings (SSSR count). The van der Waals surface area contributed by atoms with Gasteiger partial charge in [-0.05, 0) is 65.9 Å². The number of benzene rings is 3. The smallest absolute Gasteiger partial charge is 0.251 e. The quantitative estimate of drug-likeness (QED) is 0.287. The van der Waals surface area contributed by atoms with E-state index in [4.69, 9.17) is 11.6 Å². The molecule has 3 aromatic carbocycles. The second-order valence-corrected chi connectivity index (χ2v) is 9.15. The molecule has 6 nitrogen and oxygen atoms in total. The van der Waals surface area contributed by atoms with Crippen LogP contribution >= 0.6 is 11.6 Å². The number of aryl methyl sites for hydroxylation is 1. The van der Waals surface area contributed by atoms with Crippen molar-refractivity contribution in [1.29, 1.82) is 0 Å². The predicted molar refractivity (Wildman–Crippen MR) is 139 cm³/mol. The molecule has 3 aromatic rings. The van der Waals surface area contributed by atoms with E-state index in [9.17, 15) is 23.5 Å². The van der Waals surface area contributed by atoms with Crippen molar-refractivity contribution in [2.45, 2.75) is 38.5 Å². The maximum Gasteiger partial charge on any atom is 0.251 e. The van der Waals surface area contributed by atoms with Gasteiger partial charge in [-0.2, -0.15) is 0 Å². The molecule has 0 fully saturated rings. The van der Waals surface area contributed by atoms with E-state index in [2.05, 4.69) is 28.9 Å². The lowest BCUT2D eigenvalue weighted by Gasteiger charge is -2.25. The number of nitrogens with one attached hydrogen (secondary N) is 3. The minimum absolute atomic E-state index is 0.0142. The summed E-state index contributed by atoms with van der Waals surface area (Å²) in [6.07, 6.45) is -0.181. The highest BCUT2D eigenvalue weighted by molar-refractivity contribution is 6.30. The fourth-order valence-electron chi connectivity index (χ4n) is 3.85. The number of aliphatic hydroxyl groups is 1. The first-order valence-electron chi connectivity index (χ1n) is 12.0. The third kappa shape index (κ3) is 9.24. The molecule has 0 heterocycles. The van der Waals surface area contributed by atoms with Gasteiger partial charge < -0.3 is 21.1 Å². The molecule has 0 aliphatic carbocycles. The second-order valence-electron chi connectivity index (χ2n) is 8.72. The van der Waals surface area contributed by atoms with E-state index in [0.717, 1.165) is 30.2 Å². The number of carbonyl (C=O) groups is 2. The maximum absolute atomic E-state index is 13.7. The molecule has 0 aliphatic heterocycles. The third-order valence-electron chi connectivity index (χ3n) is 5.79.